The summed E-state index contributed by atoms with van der Waals surface area (Å²) in [6.45, 7) is 1.47. The molecule has 3 aromatic carbocycles. The molecule has 9 heteroatoms. The molecule has 172 valence electrons. The third-order valence-corrected chi connectivity index (χ3v) is 7.02. The number of likely N-dealkylation sites (N-methyl/N-ethyl adjacent to an activating group) is 1. The molecule has 0 aromatic heterocycles. The number of carbonyl (C=O) groups excluding carboxylic acids is 2. The fourth-order valence-electron chi connectivity index (χ4n) is 3.08. The molecule has 3 aromatic rings. The fourth-order valence-corrected chi connectivity index (χ4v) is 4.50. The van der Waals surface area contributed by atoms with Crippen molar-refractivity contribution in [3.05, 3.63) is 89.4 Å². The normalized spacial score (nSPS) is 12.0. The molecule has 0 bridgehead atoms. The monoisotopic (exact) mass is 486 g/mol. The van der Waals surface area contributed by atoms with Crippen LogP contribution < -0.4 is 9.21 Å². The Hall–Kier alpha value is -3.36. The first-order valence-corrected chi connectivity index (χ1v) is 11.8. The molecule has 0 radical (unpaired) electrons. The number of esters is 1. The molecule has 1 atom stereocenters. The van der Waals surface area contributed by atoms with Gasteiger partial charge in [0, 0.05) is 24.8 Å². The van der Waals surface area contributed by atoms with Gasteiger partial charge in [-0.1, -0.05) is 41.9 Å². The Morgan fingerprint density at radius 2 is 1.52 bits per heavy atom. The number of ether oxygens (including phenoxy) is 1. The van der Waals surface area contributed by atoms with Crippen LogP contribution >= 0.6 is 11.6 Å². The first-order chi connectivity index (χ1) is 15.6. The molecular weight excluding hydrogens is 464 g/mol. The number of rotatable bonds is 7. The molecule has 0 aliphatic carbocycles. The van der Waals surface area contributed by atoms with Gasteiger partial charge in [-0.2, -0.15) is 0 Å². The van der Waals surface area contributed by atoms with E-state index in [4.69, 9.17) is 16.3 Å². The molecule has 0 N–H and O–H groups in total. The minimum Gasteiger partial charge on any atom is -0.449 e. The van der Waals surface area contributed by atoms with Crippen molar-refractivity contribution < 1.29 is 22.7 Å². The summed E-state index contributed by atoms with van der Waals surface area (Å²) in [5.41, 5.74) is 1.04. The Kier molecular flexibility index (Phi) is 7.40. The predicted molar refractivity (Wildman–Crippen MR) is 128 cm³/mol. The van der Waals surface area contributed by atoms with Gasteiger partial charge in [0.1, 0.15) is 0 Å². The number of sulfonamides is 1. The highest BCUT2D eigenvalue weighted by Gasteiger charge is 2.26. The molecule has 0 saturated carbocycles. The number of benzene rings is 3. The Balaban J connectivity index is 1.77. The van der Waals surface area contributed by atoms with Crippen LogP contribution in [-0.4, -0.2) is 40.5 Å². The maximum absolute atomic E-state index is 13.1. The fraction of sp³-hybridized carbons (Fsp3) is 0.167. The van der Waals surface area contributed by atoms with E-state index in [1.807, 2.05) is 6.07 Å². The number of para-hydroxylation sites is 1. The molecule has 1 amide bonds. The Morgan fingerprint density at radius 3 is 2.18 bits per heavy atom. The summed E-state index contributed by atoms with van der Waals surface area (Å²) in [5.74, 6) is -1.22. The zero-order valence-electron chi connectivity index (χ0n) is 18.3. The van der Waals surface area contributed by atoms with Crippen molar-refractivity contribution in [1.82, 2.24) is 0 Å². The van der Waals surface area contributed by atoms with E-state index in [0.717, 1.165) is 4.31 Å². The summed E-state index contributed by atoms with van der Waals surface area (Å²) < 4.78 is 32.5. The minimum atomic E-state index is -3.97. The Bertz CT molecular complexity index is 1260. The van der Waals surface area contributed by atoms with Crippen LogP contribution in [-0.2, 0) is 19.6 Å². The van der Waals surface area contributed by atoms with Gasteiger partial charge < -0.3 is 9.64 Å². The van der Waals surface area contributed by atoms with E-state index in [1.54, 1.807) is 49.5 Å². The molecule has 7 nitrogen and oxygen atoms in total. The summed E-state index contributed by atoms with van der Waals surface area (Å²) in [6, 6.07) is 20.8. The highest BCUT2D eigenvalue weighted by atomic mass is 35.5. The van der Waals surface area contributed by atoms with Gasteiger partial charge in [-0.3, -0.25) is 9.10 Å². The lowest BCUT2D eigenvalue weighted by Gasteiger charge is -2.22. The number of nitrogens with zero attached hydrogens (tertiary/aromatic N) is 2. The highest BCUT2D eigenvalue weighted by Crippen LogP contribution is 2.25. The lowest BCUT2D eigenvalue weighted by atomic mass is 10.2. The van der Waals surface area contributed by atoms with Gasteiger partial charge in [-0.05, 0) is 55.5 Å². The van der Waals surface area contributed by atoms with Gasteiger partial charge in [0.25, 0.3) is 15.9 Å². The Labute approximate surface area is 198 Å². The van der Waals surface area contributed by atoms with Crippen LogP contribution in [0, 0.1) is 0 Å². The number of carbonyl (C=O) groups is 2. The van der Waals surface area contributed by atoms with Crippen LogP contribution in [0.5, 0.6) is 0 Å². The molecule has 0 saturated heterocycles. The van der Waals surface area contributed by atoms with Crippen LogP contribution in [0.3, 0.4) is 0 Å². The first kappa shape index (κ1) is 24.3. The van der Waals surface area contributed by atoms with Crippen molar-refractivity contribution in [1.29, 1.82) is 0 Å². The van der Waals surface area contributed by atoms with E-state index >= 15 is 0 Å². The lowest BCUT2D eigenvalue weighted by molar-refractivity contribution is -0.126. The van der Waals surface area contributed by atoms with Crippen LogP contribution in [0.4, 0.5) is 11.4 Å². The molecule has 1 unspecified atom stereocenters. The van der Waals surface area contributed by atoms with Crippen LogP contribution in [0.1, 0.15) is 17.3 Å². The van der Waals surface area contributed by atoms with Crippen LogP contribution in [0.15, 0.2) is 83.8 Å². The van der Waals surface area contributed by atoms with Crippen LogP contribution in [0.25, 0.3) is 0 Å². The van der Waals surface area contributed by atoms with Gasteiger partial charge in [-0.15, -0.1) is 0 Å². The van der Waals surface area contributed by atoms with Gasteiger partial charge in [0.05, 0.1) is 16.1 Å². The van der Waals surface area contributed by atoms with Gasteiger partial charge in [-0.25, -0.2) is 13.2 Å². The van der Waals surface area contributed by atoms with Gasteiger partial charge >= 0.3 is 5.97 Å². The smallest absolute Gasteiger partial charge is 0.338 e. The average molecular weight is 487 g/mol. The summed E-state index contributed by atoms with van der Waals surface area (Å²) in [5, 5.41) is 0.394. The number of anilines is 2. The quantitative estimate of drug-likeness (QED) is 0.463. The molecule has 0 spiro atoms. The maximum Gasteiger partial charge on any atom is 0.338 e. The van der Waals surface area contributed by atoms with E-state index in [1.165, 1.54) is 49.2 Å². The number of hydrogen-bond acceptors (Lipinski definition) is 5. The summed E-state index contributed by atoms with van der Waals surface area (Å²) >= 11 is 5.97. The maximum atomic E-state index is 13.1. The third-order valence-electron chi connectivity index (χ3n) is 5.01. The van der Waals surface area contributed by atoms with Crippen molar-refractivity contribution in [2.24, 2.45) is 0 Å². The SMILES string of the molecule is CC(OC(=O)c1cccc(S(=O)(=O)N(C)c2cccc(Cl)c2)c1)C(=O)N(C)c1ccccc1. The molecule has 0 heterocycles. The first-order valence-electron chi connectivity index (χ1n) is 9.99. The largest absolute Gasteiger partial charge is 0.449 e. The molecule has 0 fully saturated rings. The standard InChI is InChI=1S/C24H23ClN2O5S/c1-17(23(28)26(2)20-11-5-4-6-12-20)32-24(29)18-9-7-14-22(15-18)33(30,31)27(3)21-13-8-10-19(25)16-21/h4-17H,1-3H3. The second kappa shape index (κ2) is 10.1. The van der Waals surface area contributed by atoms with Crippen molar-refractivity contribution in [3.63, 3.8) is 0 Å². The lowest BCUT2D eigenvalue weighted by Crippen LogP contribution is -2.37. The van der Waals surface area contributed by atoms with Crippen molar-refractivity contribution in [2.75, 3.05) is 23.3 Å². The summed E-state index contributed by atoms with van der Waals surface area (Å²) in [6.07, 6.45) is -1.07. The van der Waals surface area contributed by atoms with E-state index in [0.29, 0.717) is 16.4 Å². The second-order valence-electron chi connectivity index (χ2n) is 7.26. The molecule has 0 aliphatic rings. The van der Waals surface area contributed by atoms with E-state index < -0.39 is 28.0 Å². The zero-order valence-corrected chi connectivity index (χ0v) is 19.9. The van der Waals surface area contributed by atoms with Gasteiger partial charge in [0.15, 0.2) is 6.10 Å². The third kappa shape index (κ3) is 5.53. The number of amides is 1. The molecular formula is C24H23ClN2O5S. The highest BCUT2D eigenvalue weighted by molar-refractivity contribution is 7.92. The van der Waals surface area contributed by atoms with E-state index in [9.17, 15) is 18.0 Å². The summed E-state index contributed by atoms with van der Waals surface area (Å²) in [7, 11) is -0.988. The van der Waals surface area contributed by atoms with Gasteiger partial charge in [0.2, 0.25) is 0 Å². The van der Waals surface area contributed by atoms with E-state index in [2.05, 4.69) is 0 Å². The number of hydrogen-bond donors (Lipinski definition) is 0. The van der Waals surface area contributed by atoms with Crippen molar-refractivity contribution in [2.45, 2.75) is 17.9 Å². The summed E-state index contributed by atoms with van der Waals surface area (Å²) in [4.78, 5) is 26.6. The average Bonchev–Trinajstić information content (AvgIpc) is 2.83. The minimum absolute atomic E-state index is 0.0117. The van der Waals surface area contributed by atoms with Crippen molar-refractivity contribution >= 4 is 44.9 Å². The zero-order chi connectivity index (χ0) is 24.2. The predicted octanol–water partition coefficient (Wildman–Crippen LogP) is 4.37. The molecule has 3 rings (SSSR count). The topological polar surface area (TPSA) is 84.0 Å². The van der Waals surface area contributed by atoms with Crippen LogP contribution in [0.2, 0.25) is 5.02 Å². The van der Waals surface area contributed by atoms with E-state index in [-0.39, 0.29) is 10.5 Å². The molecule has 0 aliphatic heterocycles. The number of halogens is 1. The second-order valence-corrected chi connectivity index (χ2v) is 9.67. The van der Waals surface area contributed by atoms with Crippen molar-refractivity contribution in [3.8, 4) is 0 Å². The Morgan fingerprint density at radius 1 is 0.879 bits per heavy atom. The molecule has 33 heavy (non-hydrogen) atoms.